The highest BCUT2D eigenvalue weighted by molar-refractivity contribution is 5.93. The number of ether oxygens (including phenoxy) is 2. The van der Waals surface area contributed by atoms with E-state index in [0.29, 0.717) is 0 Å². The summed E-state index contributed by atoms with van der Waals surface area (Å²) in [4.78, 5) is 26.7. The van der Waals surface area contributed by atoms with Gasteiger partial charge in [-0.25, -0.2) is 14.6 Å². The van der Waals surface area contributed by atoms with Crippen molar-refractivity contribution in [2.24, 2.45) is 0 Å². The molecule has 0 bridgehead atoms. The Morgan fingerprint density at radius 1 is 0.786 bits per heavy atom. The highest BCUT2D eigenvalue weighted by Crippen LogP contribution is 2.33. The van der Waals surface area contributed by atoms with Gasteiger partial charge in [0.25, 0.3) is 0 Å². The van der Waals surface area contributed by atoms with E-state index in [1.165, 1.54) is 0 Å². The van der Waals surface area contributed by atoms with Gasteiger partial charge in [-0.3, -0.25) is 0 Å². The van der Waals surface area contributed by atoms with Crippen molar-refractivity contribution in [3.63, 3.8) is 0 Å². The molecule has 0 aliphatic carbocycles. The summed E-state index contributed by atoms with van der Waals surface area (Å²) in [6, 6.07) is 19.5. The van der Waals surface area contributed by atoms with Crippen LogP contribution in [0.4, 0.5) is 0 Å². The quantitative estimate of drug-likeness (QED) is 0.615. The van der Waals surface area contributed by atoms with E-state index in [4.69, 9.17) is 9.47 Å². The average Bonchev–Trinajstić information content (AvgIpc) is 2.71. The number of nitrogens with zero attached hydrogens (tertiary/aromatic N) is 1. The van der Waals surface area contributed by atoms with E-state index in [0.717, 1.165) is 17.2 Å². The Morgan fingerprint density at radius 2 is 1.32 bits per heavy atom. The van der Waals surface area contributed by atoms with Crippen LogP contribution in [0.25, 0.3) is 0 Å². The second kappa shape index (κ2) is 8.68. The van der Waals surface area contributed by atoms with Gasteiger partial charge in [-0.1, -0.05) is 60.7 Å². The van der Waals surface area contributed by atoms with E-state index >= 15 is 0 Å². The number of hydrogen-bond acceptors (Lipinski definition) is 5. The number of benzene rings is 2. The summed E-state index contributed by atoms with van der Waals surface area (Å²) in [7, 11) is 0. The molecule has 2 aromatic carbocycles. The van der Waals surface area contributed by atoms with Crippen molar-refractivity contribution in [1.29, 1.82) is 0 Å². The average molecular weight is 379 g/mol. The Bertz CT molecular complexity index is 973. The van der Waals surface area contributed by atoms with Crippen molar-refractivity contribution in [3.05, 3.63) is 89.2 Å². The Kier molecular flexibility index (Phi) is 5.86. The van der Waals surface area contributed by atoms with Crippen LogP contribution in [0.15, 0.2) is 66.7 Å². The normalized spacial score (nSPS) is 10.3. The first-order valence-corrected chi connectivity index (χ1v) is 8.39. The third-order valence-electron chi connectivity index (χ3n) is 3.82. The molecule has 0 saturated heterocycles. The Hall–Kier alpha value is -3.87. The van der Waals surface area contributed by atoms with E-state index < -0.39 is 23.3 Å². The standard InChI is InChI=1S/C21H17NO6/c23-20(24)16-11-17(27-12-14-7-3-1-4-8-14)19(18(22-16)21(25)26)28-13-15-9-5-2-6-10-15/h1-11H,12-13H2,(H,23,24)(H,25,26). The van der Waals surface area contributed by atoms with Crippen molar-refractivity contribution in [2.75, 3.05) is 0 Å². The summed E-state index contributed by atoms with van der Waals surface area (Å²) < 4.78 is 11.4. The fraction of sp³-hybridized carbons (Fsp3) is 0.0952. The zero-order valence-corrected chi connectivity index (χ0v) is 14.7. The Labute approximate surface area is 160 Å². The Balaban J connectivity index is 1.95. The van der Waals surface area contributed by atoms with Gasteiger partial charge in [0.1, 0.15) is 13.2 Å². The van der Waals surface area contributed by atoms with Crippen molar-refractivity contribution in [3.8, 4) is 11.5 Å². The summed E-state index contributed by atoms with van der Waals surface area (Å²) in [6.45, 7) is 0.196. The minimum absolute atomic E-state index is 0.00424. The molecule has 3 rings (SSSR count). The van der Waals surface area contributed by atoms with Crippen LogP contribution in [0.2, 0.25) is 0 Å². The van der Waals surface area contributed by atoms with Crippen molar-refractivity contribution in [2.45, 2.75) is 13.2 Å². The van der Waals surface area contributed by atoms with Gasteiger partial charge >= 0.3 is 11.9 Å². The fourth-order valence-electron chi connectivity index (χ4n) is 2.48. The number of aromatic carboxylic acids is 2. The number of carboxylic acid groups (broad SMARTS) is 2. The molecule has 7 heteroatoms. The summed E-state index contributed by atoms with van der Waals surface area (Å²) >= 11 is 0. The number of aromatic nitrogens is 1. The molecule has 2 N–H and O–H groups in total. The molecule has 0 unspecified atom stereocenters. The van der Waals surface area contributed by atoms with E-state index in [9.17, 15) is 19.8 Å². The van der Waals surface area contributed by atoms with Crippen LogP contribution < -0.4 is 9.47 Å². The third-order valence-corrected chi connectivity index (χ3v) is 3.82. The van der Waals surface area contributed by atoms with Crippen LogP contribution in [0.3, 0.4) is 0 Å². The van der Waals surface area contributed by atoms with E-state index in [1.54, 1.807) is 0 Å². The van der Waals surface area contributed by atoms with Gasteiger partial charge in [-0.05, 0) is 11.1 Å². The summed E-state index contributed by atoms with van der Waals surface area (Å²) in [5.41, 5.74) is 0.698. The van der Waals surface area contributed by atoms with E-state index in [-0.39, 0.29) is 24.7 Å². The molecule has 1 heterocycles. The maximum atomic E-state index is 11.6. The first-order valence-electron chi connectivity index (χ1n) is 8.39. The third kappa shape index (κ3) is 4.64. The molecular weight excluding hydrogens is 362 g/mol. The number of rotatable bonds is 8. The molecule has 0 atom stereocenters. The Morgan fingerprint density at radius 3 is 1.82 bits per heavy atom. The van der Waals surface area contributed by atoms with Gasteiger partial charge < -0.3 is 19.7 Å². The number of carboxylic acids is 2. The predicted molar refractivity (Wildman–Crippen MR) is 99.7 cm³/mol. The lowest BCUT2D eigenvalue weighted by Crippen LogP contribution is -2.12. The lowest BCUT2D eigenvalue weighted by Gasteiger charge is -2.15. The first kappa shape index (κ1) is 18.9. The maximum absolute atomic E-state index is 11.6. The zero-order chi connectivity index (χ0) is 19.9. The minimum atomic E-state index is -1.41. The van der Waals surface area contributed by atoms with Crippen molar-refractivity contribution < 1.29 is 29.3 Å². The van der Waals surface area contributed by atoms with Crippen molar-refractivity contribution in [1.82, 2.24) is 4.98 Å². The lowest BCUT2D eigenvalue weighted by molar-refractivity contribution is 0.0678. The fourth-order valence-corrected chi connectivity index (χ4v) is 2.48. The minimum Gasteiger partial charge on any atom is -0.485 e. The van der Waals surface area contributed by atoms with Crippen LogP contribution in [0.5, 0.6) is 11.5 Å². The molecule has 0 saturated carbocycles. The summed E-state index contributed by atoms with van der Waals surface area (Å²) in [6.07, 6.45) is 0. The molecule has 0 aliphatic rings. The van der Waals surface area contributed by atoms with Crippen LogP contribution >= 0.6 is 0 Å². The number of carbonyl (C=O) groups is 2. The van der Waals surface area contributed by atoms with Gasteiger partial charge in [0.05, 0.1) is 0 Å². The van der Waals surface area contributed by atoms with Crippen LogP contribution in [0.1, 0.15) is 32.1 Å². The van der Waals surface area contributed by atoms with Gasteiger partial charge in [0, 0.05) is 6.07 Å². The molecule has 3 aromatic rings. The number of pyridine rings is 1. The van der Waals surface area contributed by atoms with Crippen LogP contribution in [0, 0.1) is 0 Å². The summed E-state index contributed by atoms with van der Waals surface area (Å²) in [5.74, 6) is -2.88. The molecule has 0 aliphatic heterocycles. The molecular formula is C21H17NO6. The SMILES string of the molecule is O=C(O)c1cc(OCc2ccccc2)c(OCc2ccccc2)c(C(=O)O)n1. The molecule has 7 nitrogen and oxygen atoms in total. The van der Waals surface area contributed by atoms with Crippen molar-refractivity contribution >= 4 is 11.9 Å². The predicted octanol–water partition coefficient (Wildman–Crippen LogP) is 3.64. The molecule has 0 radical (unpaired) electrons. The second-order valence-corrected chi connectivity index (χ2v) is 5.84. The summed E-state index contributed by atoms with van der Waals surface area (Å²) in [5, 5.41) is 18.7. The monoisotopic (exact) mass is 379 g/mol. The van der Waals surface area contributed by atoms with Gasteiger partial charge in [0.15, 0.2) is 22.9 Å². The molecule has 0 amide bonds. The van der Waals surface area contributed by atoms with Gasteiger partial charge in [-0.15, -0.1) is 0 Å². The van der Waals surface area contributed by atoms with E-state index in [1.807, 2.05) is 60.7 Å². The lowest BCUT2D eigenvalue weighted by atomic mass is 10.2. The molecule has 1 aromatic heterocycles. The highest BCUT2D eigenvalue weighted by Gasteiger charge is 2.23. The maximum Gasteiger partial charge on any atom is 0.358 e. The highest BCUT2D eigenvalue weighted by atomic mass is 16.5. The smallest absolute Gasteiger partial charge is 0.358 e. The number of hydrogen-bond donors (Lipinski definition) is 2. The van der Waals surface area contributed by atoms with Crippen LogP contribution in [-0.4, -0.2) is 27.1 Å². The van der Waals surface area contributed by atoms with Gasteiger partial charge in [0.2, 0.25) is 0 Å². The second-order valence-electron chi connectivity index (χ2n) is 5.84. The largest absolute Gasteiger partial charge is 0.485 e. The molecule has 28 heavy (non-hydrogen) atoms. The zero-order valence-electron chi connectivity index (χ0n) is 14.7. The van der Waals surface area contributed by atoms with Crippen LogP contribution in [-0.2, 0) is 13.2 Å². The molecule has 142 valence electrons. The topological polar surface area (TPSA) is 106 Å². The first-order chi connectivity index (χ1) is 13.5. The van der Waals surface area contributed by atoms with Gasteiger partial charge in [-0.2, -0.15) is 0 Å². The molecule has 0 fully saturated rings. The van der Waals surface area contributed by atoms with E-state index in [2.05, 4.69) is 4.98 Å². The molecule has 0 spiro atoms.